The minimum atomic E-state index is -0.304. The summed E-state index contributed by atoms with van der Waals surface area (Å²) < 4.78 is 10.6. The van der Waals surface area contributed by atoms with Gasteiger partial charge >= 0.3 is 11.9 Å². The third kappa shape index (κ3) is 15.2. The lowest BCUT2D eigenvalue weighted by Crippen LogP contribution is -2.23. The third-order valence-corrected chi connectivity index (χ3v) is 4.72. The maximum absolute atomic E-state index is 11.8. The average Bonchev–Trinajstić information content (AvgIpc) is 2.62. The first kappa shape index (κ1) is 24.9. The first-order valence-corrected chi connectivity index (χ1v) is 10.9. The summed E-state index contributed by atoms with van der Waals surface area (Å²) in [6.07, 6.45) is 13.5. The summed E-state index contributed by atoms with van der Waals surface area (Å²) in [4.78, 5) is 23.4. The first-order valence-electron chi connectivity index (χ1n) is 10.9. The van der Waals surface area contributed by atoms with Gasteiger partial charge in [0.25, 0.3) is 0 Å². The highest BCUT2D eigenvalue weighted by atomic mass is 16.5. The second kappa shape index (κ2) is 17.4. The number of esters is 2. The van der Waals surface area contributed by atoms with Crippen molar-refractivity contribution in [2.24, 2.45) is 5.92 Å². The fraction of sp³-hybridized carbons (Fsp3) is 0.909. The Morgan fingerprint density at radius 1 is 0.731 bits per heavy atom. The molecule has 0 amide bonds. The van der Waals surface area contributed by atoms with Gasteiger partial charge in [-0.15, -0.1) is 0 Å². The third-order valence-electron chi connectivity index (χ3n) is 4.72. The van der Waals surface area contributed by atoms with Crippen LogP contribution in [-0.2, 0) is 19.1 Å². The summed E-state index contributed by atoms with van der Waals surface area (Å²) in [6, 6.07) is 0. The highest BCUT2D eigenvalue weighted by Gasteiger charge is 2.17. The number of hydrogen-bond acceptors (Lipinski definition) is 4. The normalized spacial score (nSPS) is 12.2. The monoisotopic (exact) mass is 370 g/mol. The van der Waals surface area contributed by atoms with Crippen molar-refractivity contribution in [2.45, 2.75) is 117 Å². The fourth-order valence-corrected chi connectivity index (χ4v) is 2.97. The molecule has 0 rings (SSSR count). The summed E-state index contributed by atoms with van der Waals surface area (Å²) in [5.74, 6) is -0.302. The Morgan fingerprint density at radius 3 is 1.73 bits per heavy atom. The summed E-state index contributed by atoms with van der Waals surface area (Å²) in [5, 5.41) is 0. The SMILES string of the molecule is CCCCCCCCCCCCOC(=O)CCC(=O)OC(CC)C(C)C. The van der Waals surface area contributed by atoms with Crippen LogP contribution in [0.2, 0.25) is 0 Å². The van der Waals surface area contributed by atoms with Gasteiger partial charge in [0.15, 0.2) is 0 Å². The molecule has 4 nitrogen and oxygen atoms in total. The van der Waals surface area contributed by atoms with E-state index in [0.717, 1.165) is 19.3 Å². The smallest absolute Gasteiger partial charge is 0.306 e. The maximum Gasteiger partial charge on any atom is 0.306 e. The van der Waals surface area contributed by atoms with Gasteiger partial charge in [-0.05, 0) is 18.8 Å². The maximum atomic E-state index is 11.8. The van der Waals surface area contributed by atoms with Crippen LogP contribution in [0.15, 0.2) is 0 Å². The van der Waals surface area contributed by atoms with Gasteiger partial charge in [-0.1, -0.05) is 85.5 Å². The van der Waals surface area contributed by atoms with Crippen LogP contribution in [0, 0.1) is 5.92 Å². The van der Waals surface area contributed by atoms with Crippen LogP contribution < -0.4 is 0 Å². The molecule has 154 valence electrons. The van der Waals surface area contributed by atoms with Crippen molar-refractivity contribution in [2.75, 3.05) is 6.61 Å². The van der Waals surface area contributed by atoms with Crippen LogP contribution >= 0.6 is 0 Å². The van der Waals surface area contributed by atoms with Crippen molar-refractivity contribution in [3.8, 4) is 0 Å². The number of hydrogen-bond donors (Lipinski definition) is 0. The minimum absolute atomic E-state index is 0.0647. The lowest BCUT2D eigenvalue weighted by atomic mass is 10.1. The van der Waals surface area contributed by atoms with Crippen LogP contribution in [0.5, 0.6) is 0 Å². The summed E-state index contributed by atoms with van der Waals surface area (Å²) in [7, 11) is 0. The lowest BCUT2D eigenvalue weighted by Gasteiger charge is -2.19. The molecule has 0 saturated heterocycles. The van der Waals surface area contributed by atoms with E-state index in [4.69, 9.17) is 9.47 Å². The minimum Gasteiger partial charge on any atom is -0.466 e. The predicted octanol–water partition coefficient (Wildman–Crippen LogP) is 6.21. The molecule has 26 heavy (non-hydrogen) atoms. The van der Waals surface area contributed by atoms with E-state index in [1.807, 2.05) is 20.8 Å². The lowest BCUT2D eigenvalue weighted by molar-refractivity contribution is -0.155. The number of carbonyl (C=O) groups excluding carboxylic acids is 2. The van der Waals surface area contributed by atoms with Gasteiger partial charge in [0.2, 0.25) is 0 Å². The second-order valence-electron chi connectivity index (χ2n) is 7.58. The van der Waals surface area contributed by atoms with Crippen LogP contribution in [0.3, 0.4) is 0 Å². The van der Waals surface area contributed by atoms with Crippen molar-refractivity contribution >= 4 is 11.9 Å². The van der Waals surface area contributed by atoms with Gasteiger partial charge in [-0.25, -0.2) is 0 Å². The molecular formula is C22H42O4. The van der Waals surface area contributed by atoms with E-state index in [0.29, 0.717) is 12.5 Å². The largest absolute Gasteiger partial charge is 0.466 e. The standard InChI is InChI=1S/C22H42O4/c1-5-7-8-9-10-11-12-13-14-15-18-25-21(23)16-17-22(24)26-20(6-2)19(3)4/h19-20H,5-18H2,1-4H3. The molecule has 0 spiro atoms. The molecule has 0 bridgehead atoms. The van der Waals surface area contributed by atoms with Crippen molar-refractivity contribution < 1.29 is 19.1 Å². The highest BCUT2D eigenvalue weighted by Crippen LogP contribution is 2.12. The Bertz CT molecular complexity index is 352. The van der Waals surface area contributed by atoms with Crippen LogP contribution in [0.4, 0.5) is 0 Å². The molecule has 4 heteroatoms. The molecule has 0 aliphatic carbocycles. The van der Waals surface area contributed by atoms with Crippen LogP contribution in [-0.4, -0.2) is 24.6 Å². The van der Waals surface area contributed by atoms with E-state index in [2.05, 4.69) is 6.92 Å². The molecule has 0 aromatic carbocycles. The van der Waals surface area contributed by atoms with Gasteiger partial charge in [0, 0.05) is 0 Å². The zero-order valence-electron chi connectivity index (χ0n) is 17.7. The van der Waals surface area contributed by atoms with Crippen LogP contribution in [0.25, 0.3) is 0 Å². The van der Waals surface area contributed by atoms with Crippen molar-refractivity contribution in [3.63, 3.8) is 0 Å². The molecule has 0 aromatic rings. The van der Waals surface area contributed by atoms with Crippen LogP contribution in [0.1, 0.15) is 111 Å². The number of rotatable bonds is 17. The van der Waals surface area contributed by atoms with E-state index in [9.17, 15) is 9.59 Å². The molecule has 1 atom stereocenters. The van der Waals surface area contributed by atoms with Gasteiger partial charge in [0.05, 0.1) is 19.4 Å². The van der Waals surface area contributed by atoms with Gasteiger partial charge in [0.1, 0.15) is 6.10 Å². The zero-order valence-corrected chi connectivity index (χ0v) is 17.7. The van der Waals surface area contributed by atoms with Crippen molar-refractivity contribution in [1.29, 1.82) is 0 Å². The zero-order chi connectivity index (χ0) is 19.6. The number of unbranched alkanes of at least 4 members (excludes halogenated alkanes) is 9. The molecule has 0 aromatic heterocycles. The Labute approximate surface area is 161 Å². The van der Waals surface area contributed by atoms with Gasteiger partial charge in [-0.2, -0.15) is 0 Å². The Kier molecular flexibility index (Phi) is 16.7. The quantitative estimate of drug-likeness (QED) is 0.226. The van der Waals surface area contributed by atoms with E-state index >= 15 is 0 Å². The first-order chi connectivity index (χ1) is 12.5. The van der Waals surface area contributed by atoms with E-state index < -0.39 is 0 Å². The van der Waals surface area contributed by atoms with E-state index in [-0.39, 0.29) is 30.9 Å². The topological polar surface area (TPSA) is 52.6 Å². The summed E-state index contributed by atoms with van der Waals surface area (Å²) >= 11 is 0. The van der Waals surface area contributed by atoms with Crippen molar-refractivity contribution in [1.82, 2.24) is 0 Å². The molecule has 0 heterocycles. The Hall–Kier alpha value is -1.06. The summed E-state index contributed by atoms with van der Waals surface area (Å²) in [5.41, 5.74) is 0. The van der Waals surface area contributed by atoms with E-state index in [1.54, 1.807) is 0 Å². The molecule has 0 radical (unpaired) electrons. The van der Waals surface area contributed by atoms with Gasteiger partial charge in [-0.3, -0.25) is 9.59 Å². The second-order valence-corrected chi connectivity index (χ2v) is 7.58. The molecule has 0 aliphatic heterocycles. The molecule has 1 unspecified atom stereocenters. The Morgan fingerprint density at radius 2 is 1.23 bits per heavy atom. The van der Waals surface area contributed by atoms with Crippen molar-refractivity contribution in [3.05, 3.63) is 0 Å². The molecular weight excluding hydrogens is 328 g/mol. The fourth-order valence-electron chi connectivity index (χ4n) is 2.97. The molecule has 0 fully saturated rings. The Balaban J connectivity index is 3.48. The van der Waals surface area contributed by atoms with E-state index in [1.165, 1.54) is 51.4 Å². The summed E-state index contributed by atoms with van der Waals surface area (Å²) in [6.45, 7) is 8.77. The highest BCUT2D eigenvalue weighted by molar-refractivity contribution is 5.77. The average molecular weight is 371 g/mol. The molecule has 0 saturated carbocycles. The molecule has 0 aliphatic rings. The predicted molar refractivity (Wildman–Crippen MR) is 107 cm³/mol. The van der Waals surface area contributed by atoms with Gasteiger partial charge < -0.3 is 9.47 Å². The number of ether oxygens (including phenoxy) is 2. The molecule has 0 N–H and O–H groups in total. The number of carbonyl (C=O) groups is 2.